The molecule has 0 aliphatic carbocycles. The smallest absolute Gasteiger partial charge is 0.119 e. The highest BCUT2D eigenvalue weighted by Crippen LogP contribution is 2.14. The van der Waals surface area contributed by atoms with Gasteiger partial charge in [-0.3, -0.25) is 0 Å². The SMILES string of the molecule is COC(C)(C)CCOCC(O)COc1ccc(N)cc1. The molecule has 0 bridgehead atoms. The first kappa shape index (κ1) is 16.8. The molecule has 114 valence electrons. The van der Waals surface area contributed by atoms with Gasteiger partial charge >= 0.3 is 0 Å². The number of aliphatic hydroxyl groups excluding tert-OH is 1. The number of ether oxygens (including phenoxy) is 3. The topological polar surface area (TPSA) is 73.9 Å². The van der Waals surface area contributed by atoms with Crippen molar-refractivity contribution in [3.8, 4) is 5.75 Å². The third-order valence-corrected chi connectivity index (χ3v) is 3.03. The molecule has 0 spiro atoms. The minimum Gasteiger partial charge on any atom is -0.491 e. The van der Waals surface area contributed by atoms with Crippen LogP contribution in [0.15, 0.2) is 24.3 Å². The molecule has 1 aromatic carbocycles. The average Bonchev–Trinajstić information content (AvgIpc) is 2.43. The average molecular weight is 283 g/mol. The second kappa shape index (κ2) is 8.09. The third-order valence-electron chi connectivity index (χ3n) is 3.03. The predicted molar refractivity (Wildman–Crippen MR) is 78.9 cm³/mol. The fourth-order valence-electron chi connectivity index (χ4n) is 1.44. The van der Waals surface area contributed by atoms with E-state index in [2.05, 4.69) is 0 Å². The molecule has 1 unspecified atom stereocenters. The Kier molecular flexibility index (Phi) is 6.78. The lowest BCUT2D eigenvalue weighted by Gasteiger charge is -2.22. The van der Waals surface area contributed by atoms with Crippen LogP contribution in [0.2, 0.25) is 0 Å². The van der Waals surface area contributed by atoms with Crippen molar-refractivity contribution in [3.63, 3.8) is 0 Å². The molecule has 0 heterocycles. The van der Waals surface area contributed by atoms with Gasteiger partial charge in [-0.2, -0.15) is 0 Å². The summed E-state index contributed by atoms with van der Waals surface area (Å²) in [6.07, 6.45) is 0.118. The lowest BCUT2D eigenvalue weighted by molar-refractivity contribution is -0.0308. The van der Waals surface area contributed by atoms with E-state index < -0.39 is 6.10 Å². The lowest BCUT2D eigenvalue weighted by Crippen LogP contribution is -2.27. The molecule has 1 atom stereocenters. The third kappa shape index (κ3) is 6.75. The minimum atomic E-state index is -0.654. The second-order valence-electron chi connectivity index (χ2n) is 5.32. The molecule has 0 aliphatic heterocycles. The highest BCUT2D eigenvalue weighted by atomic mass is 16.5. The number of benzene rings is 1. The zero-order chi connectivity index (χ0) is 15.0. The molecule has 0 radical (unpaired) electrons. The summed E-state index contributed by atoms with van der Waals surface area (Å²) in [5.74, 6) is 0.679. The first-order valence-electron chi connectivity index (χ1n) is 6.72. The summed E-state index contributed by atoms with van der Waals surface area (Å²) in [5, 5.41) is 9.75. The number of rotatable bonds is 9. The van der Waals surface area contributed by atoms with Gasteiger partial charge in [-0.15, -0.1) is 0 Å². The van der Waals surface area contributed by atoms with E-state index in [-0.39, 0.29) is 18.8 Å². The van der Waals surface area contributed by atoms with Gasteiger partial charge in [0.1, 0.15) is 18.5 Å². The molecule has 20 heavy (non-hydrogen) atoms. The molecule has 0 aliphatic rings. The summed E-state index contributed by atoms with van der Waals surface area (Å²) < 4.78 is 16.1. The van der Waals surface area contributed by atoms with Crippen LogP contribution in [0.25, 0.3) is 0 Å². The number of nitrogen functional groups attached to an aromatic ring is 1. The Balaban J connectivity index is 2.14. The monoisotopic (exact) mass is 283 g/mol. The predicted octanol–water partition coefficient (Wildman–Crippen LogP) is 1.84. The molecule has 0 aromatic heterocycles. The minimum absolute atomic E-state index is 0.192. The van der Waals surface area contributed by atoms with Crippen molar-refractivity contribution >= 4 is 5.69 Å². The van der Waals surface area contributed by atoms with Crippen molar-refractivity contribution in [3.05, 3.63) is 24.3 Å². The normalized spacial score (nSPS) is 13.2. The fraction of sp³-hybridized carbons (Fsp3) is 0.600. The summed E-state index contributed by atoms with van der Waals surface area (Å²) in [6, 6.07) is 7.05. The summed E-state index contributed by atoms with van der Waals surface area (Å²) in [4.78, 5) is 0. The van der Waals surface area contributed by atoms with Crippen LogP contribution in [-0.2, 0) is 9.47 Å². The van der Waals surface area contributed by atoms with Crippen LogP contribution in [0, 0.1) is 0 Å². The molecule has 0 saturated heterocycles. The van der Waals surface area contributed by atoms with E-state index in [0.29, 0.717) is 18.0 Å². The zero-order valence-corrected chi connectivity index (χ0v) is 12.5. The Bertz CT molecular complexity index is 378. The summed E-state index contributed by atoms with van der Waals surface area (Å²) in [5.41, 5.74) is 6.05. The van der Waals surface area contributed by atoms with Gasteiger partial charge in [0.25, 0.3) is 0 Å². The van der Waals surface area contributed by atoms with Crippen molar-refractivity contribution < 1.29 is 19.3 Å². The van der Waals surface area contributed by atoms with Crippen LogP contribution < -0.4 is 10.5 Å². The number of hydrogen-bond donors (Lipinski definition) is 2. The summed E-state index contributed by atoms with van der Waals surface area (Å²) in [7, 11) is 1.68. The van der Waals surface area contributed by atoms with E-state index in [1.807, 2.05) is 13.8 Å². The van der Waals surface area contributed by atoms with Gasteiger partial charge in [-0.25, -0.2) is 0 Å². The van der Waals surface area contributed by atoms with E-state index in [0.717, 1.165) is 6.42 Å². The molecular formula is C15H25NO4. The molecule has 3 N–H and O–H groups in total. The standard InChI is InChI=1S/C15H25NO4/c1-15(2,18-3)8-9-19-10-13(17)11-20-14-6-4-12(16)5-7-14/h4-7,13,17H,8-11,16H2,1-3H3. The van der Waals surface area contributed by atoms with E-state index >= 15 is 0 Å². The Morgan fingerprint density at radius 1 is 1.20 bits per heavy atom. The van der Waals surface area contributed by atoms with E-state index in [1.54, 1.807) is 31.4 Å². The van der Waals surface area contributed by atoms with Gasteiger partial charge in [0, 0.05) is 19.4 Å². The maximum atomic E-state index is 9.75. The van der Waals surface area contributed by atoms with Crippen molar-refractivity contribution in [1.29, 1.82) is 0 Å². The first-order chi connectivity index (χ1) is 9.43. The molecular weight excluding hydrogens is 258 g/mol. The van der Waals surface area contributed by atoms with Crippen molar-refractivity contribution in [2.24, 2.45) is 0 Å². The molecule has 0 amide bonds. The molecule has 1 aromatic rings. The molecule has 0 fully saturated rings. The Morgan fingerprint density at radius 2 is 1.85 bits per heavy atom. The second-order valence-corrected chi connectivity index (χ2v) is 5.32. The molecule has 5 heteroatoms. The highest BCUT2D eigenvalue weighted by Gasteiger charge is 2.16. The molecule has 0 saturated carbocycles. The van der Waals surface area contributed by atoms with Crippen LogP contribution in [0.1, 0.15) is 20.3 Å². The quantitative estimate of drug-likeness (QED) is 0.534. The van der Waals surface area contributed by atoms with Crippen LogP contribution in [0.5, 0.6) is 5.75 Å². The Hall–Kier alpha value is -1.30. The lowest BCUT2D eigenvalue weighted by atomic mass is 10.1. The van der Waals surface area contributed by atoms with Gasteiger partial charge in [-0.1, -0.05) is 0 Å². The van der Waals surface area contributed by atoms with Gasteiger partial charge in [0.05, 0.1) is 12.2 Å². The van der Waals surface area contributed by atoms with E-state index in [1.165, 1.54) is 0 Å². The number of aliphatic hydroxyl groups is 1. The van der Waals surface area contributed by atoms with Crippen molar-refractivity contribution in [2.45, 2.75) is 32.0 Å². The van der Waals surface area contributed by atoms with E-state index in [9.17, 15) is 5.11 Å². The fourth-order valence-corrected chi connectivity index (χ4v) is 1.44. The van der Waals surface area contributed by atoms with Gasteiger partial charge in [0.2, 0.25) is 0 Å². The van der Waals surface area contributed by atoms with Gasteiger partial charge < -0.3 is 25.1 Å². The van der Waals surface area contributed by atoms with Crippen molar-refractivity contribution in [1.82, 2.24) is 0 Å². The molecule has 1 rings (SSSR count). The maximum Gasteiger partial charge on any atom is 0.119 e. The number of methoxy groups -OCH3 is 1. The van der Waals surface area contributed by atoms with Crippen LogP contribution >= 0.6 is 0 Å². The van der Waals surface area contributed by atoms with Crippen LogP contribution in [-0.4, -0.2) is 43.7 Å². The van der Waals surface area contributed by atoms with Crippen LogP contribution in [0.4, 0.5) is 5.69 Å². The Labute approximate surface area is 120 Å². The maximum absolute atomic E-state index is 9.75. The molecule has 5 nitrogen and oxygen atoms in total. The number of anilines is 1. The summed E-state index contributed by atoms with van der Waals surface area (Å²) >= 11 is 0. The first-order valence-corrected chi connectivity index (χ1v) is 6.72. The van der Waals surface area contributed by atoms with Crippen molar-refractivity contribution in [2.75, 3.05) is 32.7 Å². The Morgan fingerprint density at radius 3 is 2.45 bits per heavy atom. The van der Waals surface area contributed by atoms with Crippen LogP contribution in [0.3, 0.4) is 0 Å². The van der Waals surface area contributed by atoms with Gasteiger partial charge in [-0.05, 0) is 44.5 Å². The van der Waals surface area contributed by atoms with Gasteiger partial charge in [0.15, 0.2) is 0 Å². The summed E-state index contributed by atoms with van der Waals surface area (Å²) in [6.45, 7) is 4.97. The zero-order valence-electron chi connectivity index (χ0n) is 12.5. The highest BCUT2D eigenvalue weighted by molar-refractivity contribution is 5.41. The van der Waals surface area contributed by atoms with E-state index in [4.69, 9.17) is 19.9 Å². The number of hydrogen-bond acceptors (Lipinski definition) is 5. The largest absolute Gasteiger partial charge is 0.491 e. The number of nitrogens with two attached hydrogens (primary N) is 1.